The van der Waals surface area contributed by atoms with Crippen LogP contribution in [-0.4, -0.2) is 66.8 Å². The molecule has 0 spiro atoms. The Kier molecular flexibility index (Phi) is 5.56. The number of piperazine rings is 1. The number of carbonyl (C=O) groups excluding carboxylic acids is 2. The fraction of sp³-hybridized carbons (Fsp3) is 0.727. The molecular weight excluding hydrogens is 254 g/mol. The number of ether oxygens (including phenoxy) is 1. The van der Waals surface area contributed by atoms with Gasteiger partial charge in [-0.15, -0.1) is 0 Å². The predicted octanol–water partition coefficient (Wildman–Crippen LogP) is -0.994. The van der Waals surface area contributed by atoms with E-state index in [0.717, 1.165) is 0 Å². The molecule has 0 aliphatic carbocycles. The van der Waals surface area contributed by atoms with Crippen molar-refractivity contribution in [3.05, 3.63) is 0 Å². The lowest BCUT2D eigenvalue weighted by Gasteiger charge is -2.35. The molecule has 8 nitrogen and oxygen atoms in total. The molecule has 1 rings (SSSR count). The number of urea groups is 1. The predicted molar refractivity (Wildman–Crippen MR) is 65.6 cm³/mol. The molecule has 0 bridgehead atoms. The van der Waals surface area contributed by atoms with Crippen molar-refractivity contribution in [1.29, 1.82) is 0 Å². The average Bonchev–Trinajstić information content (AvgIpc) is 2.37. The number of aliphatic carboxylic acids is 1. The Morgan fingerprint density at radius 2 is 2.32 bits per heavy atom. The van der Waals surface area contributed by atoms with Crippen molar-refractivity contribution >= 4 is 17.9 Å². The minimum Gasteiger partial charge on any atom is -0.480 e. The van der Waals surface area contributed by atoms with Gasteiger partial charge in [0.25, 0.3) is 0 Å². The number of carboxylic acid groups (broad SMARTS) is 1. The van der Waals surface area contributed by atoms with Gasteiger partial charge in [0, 0.05) is 20.2 Å². The zero-order valence-electron chi connectivity index (χ0n) is 11.0. The second-order valence-electron chi connectivity index (χ2n) is 4.20. The summed E-state index contributed by atoms with van der Waals surface area (Å²) in [6.07, 6.45) is 0.473. The maximum Gasteiger partial charge on any atom is 0.328 e. The molecular formula is C11H19N3O5. The van der Waals surface area contributed by atoms with Crippen LogP contribution in [0.3, 0.4) is 0 Å². The molecule has 3 amide bonds. The summed E-state index contributed by atoms with van der Waals surface area (Å²) >= 11 is 0. The van der Waals surface area contributed by atoms with E-state index in [1.54, 1.807) is 6.92 Å². The molecule has 0 aromatic rings. The molecule has 0 radical (unpaired) electrons. The summed E-state index contributed by atoms with van der Waals surface area (Å²) in [4.78, 5) is 35.9. The number of nitrogens with zero attached hydrogens (tertiary/aromatic N) is 1. The number of nitrogens with one attached hydrogen (secondary N) is 2. The van der Waals surface area contributed by atoms with Crippen molar-refractivity contribution in [1.82, 2.24) is 15.5 Å². The highest BCUT2D eigenvalue weighted by molar-refractivity contribution is 5.89. The van der Waals surface area contributed by atoms with Gasteiger partial charge < -0.3 is 25.4 Å². The maximum atomic E-state index is 12.0. The zero-order valence-corrected chi connectivity index (χ0v) is 11.0. The summed E-state index contributed by atoms with van der Waals surface area (Å²) in [7, 11) is 1.35. The van der Waals surface area contributed by atoms with E-state index in [2.05, 4.69) is 10.6 Å². The molecule has 1 saturated heterocycles. The smallest absolute Gasteiger partial charge is 0.328 e. The number of carboxylic acids is 1. The van der Waals surface area contributed by atoms with Gasteiger partial charge in [0.2, 0.25) is 5.91 Å². The van der Waals surface area contributed by atoms with Crippen LogP contribution in [0, 0.1) is 0 Å². The van der Waals surface area contributed by atoms with Crippen LogP contribution in [0.2, 0.25) is 0 Å². The van der Waals surface area contributed by atoms with Crippen molar-refractivity contribution in [3.63, 3.8) is 0 Å². The summed E-state index contributed by atoms with van der Waals surface area (Å²) in [5.74, 6) is -1.40. The minimum absolute atomic E-state index is 0.127. The van der Waals surface area contributed by atoms with Crippen LogP contribution in [0.5, 0.6) is 0 Å². The summed E-state index contributed by atoms with van der Waals surface area (Å²) in [6.45, 7) is 2.39. The quantitative estimate of drug-likeness (QED) is 0.596. The maximum absolute atomic E-state index is 12.0. The van der Waals surface area contributed by atoms with Gasteiger partial charge in [-0.2, -0.15) is 0 Å². The molecule has 2 atom stereocenters. The second-order valence-corrected chi connectivity index (χ2v) is 4.20. The first-order valence-electron chi connectivity index (χ1n) is 6.07. The molecule has 0 aromatic heterocycles. The number of hydrogen-bond acceptors (Lipinski definition) is 4. The van der Waals surface area contributed by atoms with Crippen LogP contribution in [0.15, 0.2) is 0 Å². The summed E-state index contributed by atoms with van der Waals surface area (Å²) in [5.41, 5.74) is 0. The van der Waals surface area contributed by atoms with E-state index in [9.17, 15) is 14.4 Å². The molecule has 3 N–H and O–H groups in total. The minimum atomic E-state index is -1.18. The summed E-state index contributed by atoms with van der Waals surface area (Å²) in [6, 6.07) is -2.25. The lowest BCUT2D eigenvalue weighted by molar-refractivity contribution is -0.140. The van der Waals surface area contributed by atoms with E-state index in [1.165, 1.54) is 12.0 Å². The van der Waals surface area contributed by atoms with Crippen molar-refractivity contribution < 1.29 is 24.2 Å². The number of hydrogen-bond donors (Lipinski definition) is 3. The fourth-order valence-electron chi connectivity index (χ4n) is 1.94. The van der Waals surface area contributed by atoms with Crippen LogP contribution in [-0.2, 0) is 14.3 Å². The van der Waals surface area contributed by atoms with Gasteiger partial charge in [-0.25, -0.2) is 9.59 Å². The SMILES string of the molecule is CCC1C(=O)NCCN1C(=O)NC(COC)C(=O)O. The van der Waals surface area contributed by atoms with E-state index >= 15 is 0 Å². The third-order valence-electron chi connectivity index (χ3n) is 2.91. The Bertz CT molecular complexity index is 360. The van der Waals surface area contributed by atoms with Crippen LogP contribution in [0.1, 0.15) is 13.3 Å². The topological polar surface area (TPSA) is 108 Å². The normalized spacial score (nSPS) is 20.6. The molecule has 108 valence electrons. The van der Waals surface area contributed by atoms with Crippen molar-refractivity contribution in [2.24, 2.45) is 0 Å². The van der Waals surface area contributed by atoms with E-state index in [-0.39, 0.29) is 12.5 Å². The number of rotatable bonds is 5. The van der Waals surface area contributed by atoms with Crippen LogP contribution in [0.4, 0.5) is 4.79 Å². The molecule has 19 heavy (non-hydrogen) atoms. The fourth-order valence-corrected chi connectivity index (χ4v) is 1.94. The van der Waals surface area contributed by atoms with Crippen LogP contribution >= 0.6 is 0 Å². The average molecular weight is 273 g/mol. The third kappa shape index (κ3) is 3.82. The first-order valence-corrected chi connectivity index (χ1v) is 6.07. The molecule has 8 heteroatoms. The van der Waals surface area contributed by atoms with E-state index in [4.69, 9.17) is 9.84 Å². The molecule has 1 heterocycles. The Hall–Kier alpha value is -1.83. The number of carbonyl (C=O) groups is 3. The highest BCUT2D eigenvalue weighted by Crippen LogP contribution is 2.08. The summed E-state index contributed by atoms with van der Waals surface area (Å²) < 4.78 is 4.73. The molecule has 0 aromatic carbocycles. The molecule has 0 saturated carbocycles. The molecule has 1 aliphatic rings. The van der Waals surface area contributed by atoms with Gasteiger partial charge in [0.15, 0.2) is 6.04 Å². The van der Waals surface area contributed by atoms with E-state index in [1.807, 2.05) is 0 Å². The standard InChI is InChI=1S/C11H19N3O5/c1-3-8-9(15)12-4-5-14(8)11(18)13-7(6-19-2)10(16)17/h7-8H,3-6H2,1-2H3,(H,12,15)(H,13,18)(H,16,17). The van der Waals surface area contributed by atoms with E-state index in [0.29, 0.717) is 19.5 Å². The van der Waals surface area contributed by atoms with E-state index < -0.39 is 24.1 Å². The Balaban J connectivity index is 2.69. The third-order valence-corrected chi connectivity index (χ3v) is 2.91. The Labute approximate surface area is 111 Å². The van der Waals surface area contributed by atoms with Crippen LogP contribution < -0.4 is 10.6 Å². The number of amides is 3. The molecule has 1 fully saturated rings. The van der Waals surface area contributed by atoms with Gasteiger partial charge >= 0.3 is 12.0 Å². The molecule has 2 unspecified atom stereocenters. The lowest BCUT2D eigenvalue weighted by Crippen LogP contribution is -2.61. The van der Waals surface area contributed by atoms with Crippen molar-refractivity contribution in [2.75, 3.05) is 26.8 Å². The zero-order chi connectivity index (χ0) is 14.4. The van der Waals surface area contributed by atoms with Gasteiger partial charge in [-0.3, -0.25) is 4.79 Å². The number of methoxy groups -OCH3 is 1. The van der Waals surface area contributed by atoms with Gasteiger partial charge in [0.05, 0.1) is 6.61 Å². The Morgan fingerprint density at radius 1 is 1.63 bits per heavy atom. The highest BCUT2D eigenvalue weighted by atomic mass is 16.5. The monoisotopic (exact) mass is 273 g/mol. The lowest BCUT2D eigenvalue weighted by atomic mass is 10.1. The van der Waals surface area contributed by atoms with Crippen LogP contribution in [0.25, 0.3) is 0 Å². The van der Waals surface area contributed by atoms with Gasteiger partial charge in [0.1, 0.15) is 6.04 Å². The van der Waals surface area contributed by atoms with Crippen molar-refractivity contribution in [3.8, 4) is 0 Å². The first-order chi connectivity index (χ1) is 9.01. The highest BCUT2D eigenvalue weighted by Gasteiger charge is 2.33. The Morgan fingerprint density at radius 3 is 2.84 bits per heavy atom. The second kappa shape index (κ2) is 6.93. The van der Waals surface area contributed by atoms with Crippen molar-refractivity contribution in [2.45, 2.75) is 25.4 Å². The largest absolute Gasteiger partial charge is 0.480 e. The van der Waals surface area contributed by atoms with Gasteiger partial charge in [-0.05, 0) is 6.42 Å². The molecule has 1 aliphatic heterocycles. The summed E-state index contributed by atoms with van der Waals surface area (Å²) in [5, 5.41) is 14.0. The first kappa shape index (κ1) is 15.2. The van der Waals surface area contributed by atoms with Gasteiger partial charge in [-0.1, -0.05) is 6.92 Å².